The average molecular weight is 310 g/mol. The van der Waals surface area contributed by atoms with Crippen molar-refractivity contribution in [2.75, 3.05) is 0 Å². The van der Waals surface area contributed by atoms with E-state index in [0.29, 0.717) is 11.3 Å². The molecule has 0 saturated heterocycles. The lowest BCUT2D eigenvalue weighted by atomic mass is 10.2. The van der Waals surface area contributed by atoms with E-state index in [-0.39, 0.29) is 13.2 Å². The second kappa shape index (κ2) is 6.30. The number of hydrogen-bond donors (Lipinski definition) is 2. The molecule has 2 N–H and O–H groups in total. The molecule has 7 heteroatoms. The number of sulfonamides is 1. The Balaban J connectivity index is 2.19. The number of aromatic nitrogens is 1. The number of benzene rings is 1. The van der Waals surface area contributed by atoms with E-state index in [1.807, 2.05) is 0 Å². The first-order chi connectivity index (χ1) is 9.92. The fourth-order valence-corrected chi connectivity index (χ4v) is 2.86. The van der Waals surface area contributed by atoms with Crippen LogP contribution >= 0.6 is 0 Å². The molecule has 0 amide bonds. The summed E-state index contributed by atoms with van der Waals surface area (Å²) in [5.74, 6) is -0.897. The zero-order valence-electron chi connectivity index (χ0n) is 11.4. The van der Waals surface area contributed by atoms with Crippen molar-refractivity contribution in [1.82, 2.24) is 9.71 Å². The summed E-state index contributed by atoms with van der Waals surface area (Å²) in [5.41, 5.74) is 1.63. The number of nitrogens with zero attached hydrogens (tertiary/aromatic N) is 1. The molecule has 1 aromatic carbocycles. The van der Waals surface area contributed by atoms with Gasteiger partial charge in [-0.1, -0.05) is 12.1 Å². The van der Waals surface area contributed by atoms with Gasteiger partial charge in [0.25, 0.3) is 0 Å². The Morgan fingerprint density at radius 3 is 2.67 bits per heavy atom. The number of aliphatic hydroxyl groups is 1. The average Bonchev–Trinajstić information content (AvgIpc) is 2.45. The quantitative estimate of drug-likeness (QED) is 0.877. The lowest BCUT2D eigenvalue weighted by Gasteiger charge is -2.08. The fourth-order valence-electron chi connectivity index (χ4n) is 1.81. The van der Waals surface area contributed by atoms with Crippen molar-refractivity contribution in [3.05, 3.63) is 59.2 Å². The van der Waals surface area contributed by atoms with Crippen LogP contribution < -0.4 is 4.72 Å². The monoisotopic (exact) mass is 310 g/mol. The number of nitrogens with one attached hydrogen (secondary N) is 1. The highest BCUT2D eigenvalue weighted by Gasteiger charge is 2.19. The Morgan fingerprint density at radius 2 is 2.05 bits per heavy atom. The van der Waals surface area contributed by atoms with Crippen LogP contribution in [0.3, 0.4) is 0 Å². The number of aliphatic hydroxyl groups excluding tert-OH is 1. The van der Waals surface area contributed by atoms with Gasteiger partial charge in [0, 0.05) is 5.69 Å². The van der Waals surface area contributed by atoms with Crippen molar-refractivity contribution in [2.45, 2.75) is 25.0 Å². The Morgan fingerprint density at radius 1 is 1.29 bits per heavy atom. The molecule has 0 saturated carbocycles. The van der Waals surface area contributed by atoms with Gasteiger partial charge in [0.15, 0.2) is 0 Å². The summed E-state index contributed by atoms with van der Waals surface area (Å²) in [5, 5.41) is 8.89. The third kappa shape index (κ3) is 3.84. The van der Waals surface area contributed by atoms with Crippen LogP contribution in [-0.2, 0) is 23.2 Å². The molecule has 0 aliphatic carbocycles. The van der Waals surface area contributed by atoms with E-state index in [1.165, 1.54) is 6.07 Å². The molecule has 0 atom stereocenters. The van der Waals surface area contributed by atoms with Crippen molar-refractivity contribution in [3.8, 4) is 0 Å². The van der Waals surface area contributed by atoms with E-state index in [1.54, 1.807) is 25.1 Å². The number of pyridine rings is 1. The highest BCUT2D eigenvalue weighted by atomic mass is 32.2. The fraction of sp³-hybridized carbons (Fsp3) is 0.214. The molecule has 112 valence electrons. The van der Waals surface area contributed by atoms with Crippen LogP contribution in [0.15, 0.2) is 41.3 Å². The van der Waals surface area contributed by atoms with E-state index in [9.17, 15) is 12.8 Å². The molecule has 0 fully saturated rings. The van der Waals surface area contributed by atoms with Gasteiger partial charge in [-0.25, -0.2) is 17.5 Å². The van der Waals surface area contributed by atoms with Gasteiger partial charge >= 0.3 is 0 Å². The highest BCUT2D eigenvalue weighted by Crippen LogP contribution is 2.16. The van der Waals surface area contributed by atoms with Gasteiger partial charge in [-0.3, -0.25) is 4.98 Å². The summed E-state index contributed by atoms with van der Waals surface area (Å²) in [6.45, 7) is 1.42. The molecule has 0 spiro atoms. The van der Waals surface area contributed by atoms with Crippen LogP contribution in [0.2, 0.25) is 0 Å². The topological polar surface area (TPSA) is 79.3 Å². The largest absolute Gasteiger partial charge is 0.392 e. The minimum Gasteiger partial charge on any atom is -0.392 e. The lowest BCUT2D eigenvalue weighted by molar-refractivity contribution is 0.281. The van der Waals surface area contributed by atoms with Crippen molar-refractivity contribution in [3.63, 3.8) is 0 Å². The molecule has 0 bridgehead atoms. The minimum absolute atomic E-state index is 0.0226. The molecule has 0 aliphatic rings. The van der Waals surface area contributed by atoms with Gasteiger partial charge in [0.1, 0.15) is 10.7 Å². The third-order valence-electron chi connectivity index (χ3n) is 2.86. The van der Waals surface area contributed by atoms with E-state index in [2.05, 4.69) is 9.71 Å². The zero-order valence-corrected chi connectivity index (χ0v) is 12.2. The minimum atomic E-state index is -3.97. The van der Waals surface area contributed by atoms with Gasteiger partial charge in [-0.15, -0.1) is 0 Å². The first-order valence-corrected chi connectivity index (χ1v) is 7.72. The van der Waals surface area contributed by atoms with Gasteiger partial charge in [-0.2, -0.15) is 0 Å². The Hall–Kier alpha value is -1.83. The molecule has 1 aromatic heterocycles. The van der Waals surface area contributed by atoms with E-state index < -0.39 is 20.7 Å². The SMILES string of the molecule is Cc1cccc(CNS(=O)(=O)c2ccc(CO)cc2F)n1. The van der Waals surface area contributed by atoms with Gasteiger partial charge < -0.3 is 5.11 Å². The van der Waals surface area contributed by atoms with Crippen molar-refractivity contribution < 1.29 is 17.9 Å². The normalized spacial score (nSPS) is 11.6. The van der Waals surface area contributed by atoms with Crippen molar-refractivity contribution >= 4 is 10.0 Å². The van der Waals surface area contributed by atoms with Crippen LogP contribution in [0.5, 0.6) is 0 Å². The third-order valence-corrected chi connectivity index (χ3v) is 4.29. The predicted molar refractivity (Wildman–Crippen MR) is 75.3 cm³/mol. The maximum absolute atomic E-state index is 13.8. The number of aryl methyl sites for hydroxylation is 1. The molecule has 0 radical (unpaired) electrons. The summed E-state index contributed by atoms with van der Waals surface area (Å²) in [7, 11) is -3.97. The Labute approximate surface area is 122 Å². The van der Waals surface area contributed by atoms with E-state index in [0.717, 1.165) is 17.8 Å². The van der Waals surface area contributed by atoms with E-state index >= 15 is 0 Å². The molecule has 2 rings (SSSR count). The van der Waals surface area contributed by atoms with E-state index in [4.69, 9.17) is 5.11 Å². The van der Waals surface area contributed by atoms with Crippen molar-refractivity contribution in [2.24, 2.45) is 0 Å². The first kappa shape index (κ1) is 15.6. The molecule has 1 heterocycles. The van der Waals surface area contributed by atoms with Crippen LogP contribution in [0.1, 0.15) is 17.0 Å². The Kier molecular flexibility index (Phi) is 4.66. The lowest BCUT2D eigenvalue weighted by Crippen LogP contribution is -2.24. The van der Waals surface area contributed by atoms with Crippen molar-refractivity contribution in [1.29, 1.82) is 0 Å². The van der Waals surface area contributed by atoms with Crippen LogP contribution in [-0.4, -0.2) is 18.5 Å². The summed E-state index contributed by atoms with van der Waals surface area (Å²) < 4.78 is 40.2. The van der Waals surface area contributed by atoms with Crippen LogP contribution in [0.4, 0.5) is 4.39 Å². The maximum atomic E-state index is 13.8. The number of halogens is 1. The smallest absolute Gasteiger partial charge is 0.243 e. The second-order valence-corrected chi connectivity index (χ2v) is 6.25. The van der Waals surface area contributed by atoms with Crippen LogP contribution in [0, 0.1) is 12.7 Å². The summed E-state index contributed by atoms with van der Waals surface area (Å²) in [6.07, 6.45) is 0. The molecular weight excluding hydrogens is 295 g/mol. The molecular formula is C14H15FN2O3S. The summed E-state index contributed by atoms with van der Waals surface area (Å²) in [4.78, 5) is 3.71. The standard InChI is InChI=1S/C14H15FN2O3S/c1-10-3-2-4-12(17-10)8-16-21(19,20)14-6-5-11(9-18)7-13(14)15/h2-7,16,18H,8-9H2,1H3. The highest BCUT2D eigenvalue weighted by molar-refractivity contribution is 7.89. The number of hydrogen-bond acceptors (Lipinski definition) is 4. The first-order valence-electron chi connectivity index (χ1n) is 6.24. The zero-order chi connectivity index (χ0) is 15.5. The summed E-state index contributed by atoms with van der Waals surface area (Å²) >= 11 is 0. The molecule has 2 aromatic rings. The maximum Gasteiger partial charge on any atom is 0.243 e. The molecule has 5 nitrogen and oxygen atoms in total. The summed E-state index contributed by atoms with van der Waals surface area (Å²) in [6, 6.07) is 8.74. The van der Waals surface area contributed by atoms with Gasteiger partial charge in [-0.05, 0) is 36.8 Å². The molecule has 21 heavy (non-hydrogen) atoms. The molecule has 0 aliphatic heterocycles. The van der Waals surface area contributed by atoms with Gasteiger partial charge in [0.2, 0.25) is 10.0 Å². The van der Waals surface area contributed by atoms with Crippen LogP contribution in [0.25, 0.3) is 0 Å². The van der Waals surface area contributed by atoms with Gasteiger partial charge in [0.05, 0.1) is 18.8 Å². The second-order valence-electron chi connectivity index (χ2n) is 4.52. The molecule has 0 unspecified atom stereocenters. The number of rotatable bonds is 5. The Bertz CT molecular complexity index is 748. The predicted octanol–water partition coefficient (Wildman–Crippen LogP) is 1.50.